The molecular weight excluding hydrogens is 202 g/mol. The Bertz CT molecular complexity index is 334. The van der Waals surface area contributed by atoms with Gasteiger partial charge in [-0.3, -0.25) is 0 Å². The number of anilines is 1. The lowest BCUT2D eigenvalue weighted by atomic mass is 10.0. The summed E-state index contributed by atoms with van der Waals surface area (Å²) in [4.78, 5) is 0. The smallest absolute Gasteiger partial charge is 0.0682 e. The van der Waals surface area contributed by atoms with E-state index < -0.39 is 0 Å². The summed E-state index contributed by atoms with van der Waals surface area (Å²) >= 11 is 0. The third-order valence-corrected chi connectivity index (χ3v) is 3.18. The molecule has 0 saturated carbocycles. The van der Waals surface area contributed by atoms with Crippen molar-refractivity contribution in [3.8, 4) is 0 Å². The number of hydrogen-bond acceptors (Lipinski definition) is 3. The van der Waals surface area contributed by atoms with Crippen LogP contribution in [0.4, 0.5) is 5.69 Å². The average Bonchev–Trinajstić information content (AvgIpc) is 2.83. The summed E-state index contributed by atoms with van der Waals surface area (Å²) in [5.41, 5.74) is 2.02. The highest BCUT2D eigenvalue weighted by atomic mass is 16.5. The van der Waals surface area contributed by atoms with E-state index in [9.17, 15) is 0 Å². The number of aliphatic hydroxyl groups is 1. The summed E-state index contributed by atoms with van der Waals surface area (Å²) in [7, 11) is 0. The molecule has 0 radical (unpaired) electrons. The molecule has 0 aliphatic carbocycles. The highest BCUT2D eigenvalue weighted by Gasteiger charge is 2.21. The first-order valence-electron chi connectivity index (χ1n) is 5.83. The van der Waals surface area contributed by atoms with Crippen molar-refractivity contribution in [2.24, 2.45) is 5.92 Å². The summed E-state index contributed by atoms with van der Waals surface area (Å²) in [6.45, 7) is 4.02. The average molecular weight is 221 g/mol. The van der Waals surface area contributed by atoms with Gasteiger partial charge in [-0.15, -0.1) is 0 Å². The predicted molar refractivity (Wildman–Crippen MR) is 64.4 cm³/mol. The Morgan fingerprint density at radius 2 is 2.44 bits per heavy atom. The van der Waals surface area contributed by atoms with Crippen molar-refractivity contribution in [2.75, 3.05) is 18.5 Å². The molecule has 1 aromatic rings. The monoisotopic (exact) mass is 221 g/mol. The van der Waals surface area contributed by atoms with E-state index in [1.807, 2.05) is 24.3 Å². The fourth-order valence-corrected chi connectivity index (χ4v) is 2.09. The van der Waals surface area contributed by atoms with E-state index in [1.54, 1.807) is 0 Å². The van der Waals surface area contributed by atoms with Crippen molar-refractivity contribution in [3.05, 3.63) is 29.8 Å². The highest BCUT2D eigenvalue weighted by Crippen LogP contribution is 2.20. The minimum atomic E-state index is 0.0937. The van der Waals surface area contributed by atoms with Crippen molar-refractivity contribution in [2.45, 2.75) is 26.0 Å². The van der Waals surface area contributed by atoms with Gasteiger partial charge in [-0.1, -0.05) is 12.1 Å². The minimum absolute atomic E-state index is 0.0937. The molecule has 2 unspecified atom stereocenters. The van der Waals surface area contributed by atoms with Gasteiger partial charge in [0.25, 0.3) is 0 Å². The third kappa shape index (κ3) is 2.74. The van der Waals surface area contributed by atoms with Gasteiger partial charge in [0.1, 0.15) is 0 Å². The molecule has 2 rings (SSSR count). The van der Waals surface area contributed by atoms with Crippen LogP contribution < -0.4 is 5.32 Å². The fraction of sp³-hybridized carbons (Fsp3) is 0.538. The van der Waals surface area contributed by atoms with E-state index >= 15 is 0 Å². The molecule has 3 heteroatoms. The molecule has 1 heterocycles. The first kappa shape index (κ1) is 11.4. The zero-order valence-electron chi connectivity index (χ0n) is 9.65. The van der Waals surface area contributed by atoms with Crippen LogP contribution in [0.5, 0.6) is 0 Å². The first-order chi connectivity index (χ1) is 7.79. The number of ether oxygens (including phenoxy) is 1. The Labute approximate surface area is 96.4 Å². The van der Waals surface area contributed by atoms with E-state index in [0.29, 0.717) is 12.0 Å². The van der Waals surface area contributed by atoms with Crippen molar-refractivity contribution in [1.82, 2.24) is 0 Å². The van der Waals surface area contributed by atoms with Gasteiger partial charge < -0.3 is 15.2 Å². The molecule has 2 N–H and O–H groups in total. The van der Waals surface area contributed by atoms with Crippen molar-refractivity contribution in [1.29, 1.82) is 0 Å². The summed E-state index contributed by atoms with van der Waals surface area (Å²) in [5, 5.41) is 12.5. The van der Waals surface area contributed by atoms with E-state index in [-0.39, 0.29) is 6.61 Å². The number of nitrogens with one attached hydrogen (secondary N) is 1. The summed E-state index contributed by atoms with van der Waals surface area (Å²) < 4.78 is 5.38. The summed E-state index contributed by atoms with van der Waals surface area (Å²) in [5.74, 6) is 0.595. The SMILES string of the molecule is CC(Nc1cccc(CO)c1)C1CCOC1. The van der Waals surface area contributed by atoms with Gasteiger partial charge in [0.05, 0.1) is 13.2 Å². The van der Waals surface area contributed by atoms with Crippen molar-refractivity contribution in [3.63, 3.8) is 0 Å². The summed E-state index contributed by atoms with van der Waals surface area (Å²) in [6.07, 6.45) is 1.13. The maximum atomic E-state index is 9.06. The van der Waals surface area contributed by atoms with Gasteiger partial charge in [0.15, 0.2) is 0 Å². The fourth-order valence-electron chi connectivity index (χ4n) is 2.09. The molecular formula is C13H19NO2. The van der Waals surface area contributed by atoms with Crippen molar-refractivity contribution < 1.29 is 9.84 Å². The lowest BCUT2D eigenvalue weighted by molar-refractivity contribution is 0.183. The molecule has 0 amide bonds. The molecule has 0 aromatic heterocycles. The highest BCUT2D eigenvalue weighted by molar-refractivity contribution is 5.46. The van der Waals surface area contributed by atoms with Crippen LogP contribution in [0.2, 0.25) is 0 Å². The van der Waals surface area contributed by atoms with Gasteiger partial charge in [0.2, 0.25) is 0 Å². The van der Waals surface area contributed by atoms with Gasteiger partial charge >= 0.3 is 0 Å². The van der Waals surface area contributed by atoms with E-state index in [0.717, 1.165) is 30.9 Å². The number of hydrogen-bond donors (Lipinski definition) is 2. The lowest BCUT2D eigenvalue weighted by Crippen LogP contribution is -2.26. The molecule has 0 bridgehead atoms. The predicted octanol–water partition coefficient (Wildman–Crippen LogP) is 2.02. The van der Waals surface area contributed by atoms with Crippen molar-refractivity contribution >= 4 is 5.69 Å². The van der Waals surface area contributed by atoms with Gasteiger partial charge in [-0.2, -0.15) is 0 Å². The maximum Gasteiger partial charge on any atom is 0.0682 e. The third-order valence-electron chi connectivity index (χ3n) is 3.18. The second-order valence-corrected chi connectivity index (χ2v) is 4.42. The molecule has 1 aromatic carbocycles. The molecule has 1 aliphatic heterocycles. The van der Waals surface area contributed by atoms with Gasteiger partial charge in [0, 0.05) is 24.3 Å². The Kier molecular flexibility index (Phi) is 3.80. The largest absolute Gasteiger partial charge is 0.392 e. The van der Waals surface area contributed by atoms with E-state index in [1.165, 1.54) is 0 Å². The van der Waals surface area contributed by atoms with Gasteiger partial charge in [-0.25, -0.2) is 0 Å². The van der Waals surface area contributed by atoms with E-state index in [2.05, 4.69) is 12.2 Å². The van der Waals surface area contributed by atoms with Crippen LogP contribution in [0.1, 0.15) is 18.9 Å². The molecule has 2 atom stereocenters. The molecule has 1 fully saturated rings. The Morgan fingerprint density at radius 1 is 1.56 bits per heavy atom. The van der Waals surface area contributed by atoms with Gasteiger partial charge in [-0.05, 0) is 31.0 Å². The quantitative estimate of drug-likeness (QED) is 0.817. The Balaban J connectivity index is 1.96. The Morgan fingerprint density at radius 3 is 3.12 bits per heavy atom. The van der Waals surface area contributed by atoms with Crippen LogP contribution in [-0.2, 0) is 11.3 Å². The number of rotatable bonds is 4. The first-order valence-corrected chi connectivity index (χ1v) is 5.83. The topological polar surface area (TPSA) is 41.5 Å². The molecule has 3 nitrogen and oxygen atoms in total. The molecule has 1 saturated heterocycles. The van der Waals surface area contributed by atoms with Crippen LogP contribution in [0.25, 0.3) is 0 Å². The van der Waals surface area contributed by atoms with Crippen LogP contribution in [-0.4, -0.2) is 24.4 Å². The number of aliphatic hydroxyl groups excluding tert-OH is 1. The van der Waals surface area contributed by atoms with Crippen LogP contribution >= 0.6 is 0 Å². The lowest BCUT2D eigenvalue weighted by Gasteiger charge is -2.20. The second-order valence-electron chi connectivity index (χ2n) is 4.42. The maximum absolute atomic E-state index is 9.06. The van der Waals surface area contributed by atoms with E-state index in [4.69, 9.17) is 9.84 Å². The van der Waals surface area contributed by atoms with Crippen LogP contribution in [0.3, 0.4) is 0 Å². The second kappa shape index (κ2) is 5.32. The number of benzene rings is 1. The molecule has 1 aliphatic rings. The summed E-state index contributed by atoms with van der Waals surface area (Å²) in [6, 6.07) is 8.33. The normalized spacial score (nSPS) is 22.0. The zero-order chi connectivity index (χ0) is 11.4. The standard InChI is InChI=1S/C13H19NO2/c1-10(12-5-6-16-9-12)14-13-4-2-3-11(7-13)8-15/h2-4,7,10,12,14-15H,5-6,8-9H2,1H3. The zero-order valence-corrected chi connectivity index (χ0v) is 9.65. The van der Waals surface area contributed by atoms with Crippen LogP contribution in [0, 0.1) is 5.92 Å². The molecule has 0 spiro atoms. The van der Waals surface area contributed by atoms with Crippen LogP contribution in [0.15, 0.2) is 24.3 Å². The molecule has 16 heavy (non-hydrogen) atoms. The Hall–Kier alpha value is -1.06. The molecule has 88 valence electrons. The minimum Gasteiger partial charge on any atom is -0.392 e.